The van der Waals surface area contributed by atoms with Gasteiger partial charge in [0.2, 0.25) is 0 Å². The smallest absolute Gasteiger partial charge is 0.393 e. The Hall–Kier alpha value is -0.970. The van der Waals surface area contributed by atoms with Gasteiger partial charge in [0.15, 0.2) is 17.5 Å². The van der Waals surface area contributed by atoms with E-state index in [-0.39, 0.29) is 0 Å². The quantitative estimate of drug-likeness (QED) is 0.279. The molecule has 1 aromatic rings. The summed E-state index contributed by atoms with van der Waals surface area (Å²) in [6.07, 6.45) is -23.7. The topological polar surface area (TPSA) is 29.5 Å². The van der Waals surface area contributed by atoms with Crippen LogP contribution in [0.1, 0.15) is 29.7 Å². The second-order valence-electron chi connectivity index (χ2n) is 5.42. The van der Waals surface area contributed by atoms with Gasteiger partial charge in [-0.05, 0) is 6.92 Å². The molecule has 162 valence electrons. The highest BCUT2D eigenvalue weighted by Gasteiger charge is 2.55. The summed E-state index contributed by atoms with van der Waals surface area (Å²) in [6, 6.07) is 0. The van der Waals surface area contributed by atoms with Gasteiger partial charge in [0.25, 0.3) is 0 Å². The van der Waals surface area contributed by atoms with Crippen molar-refractivity contribution in [2.75, 3.05) is 0 Å². The van der Waals surface area contributed by atoms with Crippen molar-refractivity contribution in [3.63, 3.8) is 0 Å². The highest BCUT2D eigenvalue weighted by molar-refractivity contribution is 14.1. The Labute approximate surface area is 162 Å². The van der Waals surface area contributed by atoms with Crippen LogP contribution in [-0.2, 0) is 15.4 Å². The molecule has 3 atom stereocenters. The van der Waals surface area contributed by atoms with Crippen molar-refractivity contribution in [2.24, 2.45) is 5.92 Å². The number of rotatable bonds is 4. The van der Waals surface area contributed by atoms with E-state index in [1.807, 2.05) is 0 Å². The Balaban J connectivity index is 4.08. The van der Waals surface area contributed by atoms with Crippen molar-refractivity contribution in [2.45, 2.75) is 37.7 Å². The van der Waals surface area contributed by atoms with E-state index in [9.17, 15) is 57.8 Å². The molecule has 1 N–H and O–H groups in total. The number of halogens is 13. The zero-order valence-corrected chi connectivity index (χ0v) is 15.2. The average molecular weight is 550 g/mol. The monoisotopic (exact) mass is 550 g/mol. The molecular formula is C13H7F12IO2. The van der Waals surface area contributed by atoms with Crippen molar-refractivity contribution < 1.29 is 60.9 Å². The third-order valence-electron chi connectivity index (χ3n) is 3.53. The van der Waals surface area contributed by atoms with Crippen LogP contribution in [0.25, 0.3) is 0 Å². The maximum Gasteiger partial charge on any atom is 0.422 e. The molecule has 0 heterocycles. The first-order valence-electron chi connectivity index (χ1n) is 6.74. The largest absolute Gasteiger partial charge is 0.422 e. The van der Waals surface area contributed by atoms with Gasteiger partial charge in [-0.1, -0.05) is 0 Å². The van der Waals surface area contributed by atoms with E-state index in [2.05, 4.69) is 3.07 Å². The van der Waals surface area contributed by atoms with Gasteiger partial charge >= 0.3 is 18.5 Å². The van der Waals surface area contributed by atoms with Crippen molar-refractivity contribution >= 4 is 23.0 Å². The number of hydrogen-bond acceptors (Lipinski definition) is 2. The van der Waals surface area contributed by atoms with E-state index in [1.165, 1.54) is 0 Å². The van der Waals surface area contributed by atoms with Crippen LogP contribution in [0.5, 0.6) is 0 Å². The van der Waals surface area contributed by atoms with Gasteiger partial charge in [-0.3, -0.25) is 0 Å². The predicted molar refractivity (Wildman–Crippen MR) is 75.4 cm³/mol. The van der Waals surface area contributed by atoms with E-state index in [0.29, 0.717) is 29.9 Å². The van der Waals surface area contributed by atoms with Gasteiger partial charge in [-0.25, -0.2) is 13.2 Å². The van der Waals surface area contributed by atoms with E-state index >= 15 is 0 Å². The Morgan fingerprint density at radius 3 is 1.50 bits per heavy atom. The second-order valence-corrected chi connectivity index (χ2v) is 5.93. The summed E-state index contributed by atoms with van der Waals surface area (Å²) in [4.78, 5) is 0. The summed E-state index contributed by atoms with van der Waals surface area (Å²) in [5.74, 6) is -13.0. The number of alkyl halides is 9. The first-order valence-corrected chi connectivity index (χ1v) is 7.62. The third-order valence-corrected chi connectivity index (χ3v) is 4.08. The highest BCUT2D eigenvalue weighted by atomic mass is 127. The Morgan fingerprint density at radius 1 is 0.786 bits per heavy atom. The van der Waals surface area contributed by atoms with E-state index in [1.54, 1.807) is 0 Å². The SMILES string of the molecule is CC(O)C(C(OI)c1c(F)c(F)c(C(F)(F)F)c(F)c1C(F)(F)F)C(F)(F)F. The molecule has 0 spiro atoms. The molecule has 0 fully saturated rings. The van der Waals surface area contributed by atoms with Gasteiger partial charge in [-0.15, -0.1) is 0 Å². The van der Waals surface area contributed by atoms with Crippen LogP contribution in [0.4, 0.5) is 52.7 Å². The average Bonchev–Trinajstić information content (AvgIpc) is 2.43. The summed E-state index contributed by atoms with van der Waals surface area (Å²) < 4.78 is 163. The van der Waals surface area contributed by atoms with Gasteiger partial charge in [0.1, 0.15) is 46.2 Å². The van der Waals surface area contributed by atoms with Gasteiger partial charge in [0, 0.05) is 5.56 Å². The summed E-state index contributed by atoms with van der Waals surface area (Å²) in [5, 5.41) is 9.24. The lowest BCUT2D eigenvalue weighted by Gasteiger charge is -2.31. The Morgan fingerprint density at radius 2 is 1.21 bits per heavy atom. The number of benzene rings is 1. The Kier molecular flexibility index (Phi) is 7.20. The molecule has 0 aliphatic carbocycles. The van der Waals surface area contributed by atoms with Gasteiger partial charge in [0.05, 0.1) is 6.10 Å². The normalized spacial score (nSPS) is 16.8. The number of hydrogen-bond donors (Lipinski definition) is 1. The molecule has 0 saturated carbocycles. The van der Waals surface area contributed by atoms with Crippen LogP contribution in [0.15, 0.2) is 0 Å². The molecule has 0 aliphatic heterocycles. The first kappa shape index (κ1) is 25.1. The maximum atomic E-state index is 14.1. The van der Waals surface area contributed by atoms with Gasteiger partial charge in [-0.2, -0.15) is 39.5 Å². The molecule has 0 amide bonds. The molecular weight excluding hydrogens is 543 g/mol. The zero-order valence-electron chi connectivity index (χ0n) is 13.0. The molecule has 2 nitrogen and oxygen atoms in total. The summed E-state index contributed by atoms with van der Waals surface area (Å²) in [6.45, 7) is 0.406. The molecule has 0 saturated heterocycles. The molecule has 0 bridgehead atoms. The van der Waals surface area contributed by atoms with Crippen molar-refractivity contribution in [3.05, 3.63) is 34.1 Å². The minimum Gasteiger partial charge on any atom is -0.393 e. The minimum absolute atomic E-state index is 0.406. The molecule has 1 rings (SSSR count). The fraction of sp³-hybridized carbons (Fsp3) is 0.538. The fourth-order valence-electron chi connectivity index (χ4n) is 2.45. The van der Waals surface area contributed by atoms with Crippen LogP contribution in [0.3, 0.4) is 0 Å². The van der Waals surface area contributed by atoms with Crippen LogP contribution in [0, 0.1) is 23.4 Å². The Bertz CT molecular complexity index is 722. The second kappa shape index (κ2) is 8.04. The van der Waals surface area contributed by atoms with E-state index in [0.717, 1.165) is 0 Å². The summed E-state index contributed by atoms with van der Waals surface area (Å²) in [7, 11) is 0. The molecule has 3 unspecified atom stereocenters. The summed E-state index contributed by atoms with van der Waals surface area (Å²) in [5.41, 5.74) is -8.89. The van der Waals surface area contributed by atoms with E-state index in [4.69, 9.17) is 0 Å². The van der Waals surface area contributed by atoms with E-state index < -0.39 is 70.8 Å². The van der Waals surface area contributed by atoms with Crippen LogP contribution in [0.2, 0.25) is 0 Å². The lowest BCUT2D eigenvalue weighted by atomic mass is 9.86. The highest BCUT2D eigenvalue weighted by Crippen LogP contribution is 2.50. The summed E-state index contributed by atoms with van der Waals surface area (Å²) >= 11 is 0.539. The molecule has 1 aromatic carbocycles. The molecule has 0 radical (unpaired) electrons. The van der Waals surface area contributed by atoms with Crippen LogP contribution in [-0.4, -0.2) is 17.4 Å². The third kappa shape index (κ3) is 4.77. The maximum absolute atomic E-state index is 14.1. The van der Waals surface area contributed by atoms with Crippen molar-refractivity contribution in [1.82, 2.24) is 0 Å². The fourth-order valence-corrected chi connectivity index (χ4v) is 3.02. The lowest BCUT2D eigenvalue weighted by Crippen LogP contribution is -2.39. The molecule has 0 aliphatic rings. The number of aliphatic hydroxyl groups excluding tert-OH is 1. The molecule has 15 heteroatoms. The first-order chi connectivity index (χ1) is 12.4. The van der Waals surface area contributed by atoms with Crippen molar-refractivity contribution in [1.29, 1.82) is 0 Å². The molecule has 28 heavy (non-hydrogen) atoms. The standard InChI is InChI=1S/C13H7F12IO2/c1-2(27)4(11(17,18)19)10(28-26)3-5(12(20,21)22)8(15)6(13(23,24)25)9(16)7(3)14/h2,4,10,27H,1H3. The zero-order chi connectivity index (χ0) is 22.4. The molecule has 0 aromatic heterocycles. The minimum atomic E-state index is -6.17. The lowest BCUT2D eigenvalue weighted by molar-refractivity contribution is -0.219. The predicted octanol–water partition coefficient (Wildman–Crippen LogP) is 6.11. The van der Waals surface area contributed by atoms with Crippen LogP contribution >= 0.6 is 23.0 Å². The van der Waals surface area contributed by atoms with Crippen molar-refractivity contribution in [3.8, 4) is 0 Å². The van der Waals surface area contributed by atoms with Gasteiger partial charge < -0.3 is 8.17 Å². The number of aliphatic hydroxyl groups is 1. The van der Waals surface area contributed by atoms with Crippen LogP contribution < -0.4 is 0 Å².